The van der Waals surface area contributed by atoms with E-state index in [1.165, 1.54) is 0 Å². The fourth-order valence-electron chi connectivity index (χ4n) is 2.28. The van der Waals surface area contributed by atoms with Gasteiger partial charge in [-0.15, -0.1) is 0 Å². The number of anilines is 2. The highest BCUT2D eigenvalue weighted by atomic mass is 16.4. The van der Waals surface area contributed by atoms with Crippen LogP contribution in [0.5, 0.6) is 0 Å². The normalized spacial score (nSPS) is 17.2. The Morgan fingerprint density at radius 2 is 1.38 bits per heavy atom. The third kappa shape index (κ3) is 4.05. The average Bonchev–Trinajstić information content (AvgIpc) is 2.48. The summed E-state index contributed by atoms with van der Waals surface area (Å²) in [6, 6.07) is 3.28. The van der Waals surface area contributed by atoms with E-state index in [1.54, 1.807) is 12.1 Å². The zero-order chi connectivity index (χ0) is 16.2. The highest BCUT2D eigenvalue weighted by molar-refractivity contribution is 5.62. The molecule has 0 aromatic heterocycles. The van der Waals surface area contributed by atoms with Crippen LogP contribution in [-0.4, -0.2) is 56.6 Å². The van der Waals surface area contributed by atoms with Gasteiger partial charge >= 0.3 is 0 Å². The smallest absolute Gasteiger partial charge is 0.110 e. The van der Waals surface area contributed by atoms with Gasteiger partial charge in [0, 0.05) is 17.8 Å². The quantitative estimate of drug-likeness (QED) is 0.299. The van der Waals surface area contributed by atoms with Crippen LogP contribution in [0.15, 0.2) is 12.1 Å². The summed E-state index contributed by atoms with van der Waals surface area (Å²) < 4.78 is 0. The molecule has 7 nitrogen and oxygen atoms in total. The van der Waals surface area contributed by atoms with Crippen molar-refractivity contribution >= 4 is 11.4 Å². The molecule has 0 radical (unpaired) electrons. The number of hydrogen-bond donors (Lipinski definition) is 7. The van der Waals surface area contributed by atoms with Crippen LogP contribution in [0.4, 0.5) is 11.4 Å². The molecular formula is C14H24N2O5. The molecule has 0 spiro atoms. The van der Waals surface area contributed by atoms with Gasteiger partial charge in [-0.25, -0.2) is 0 Å². The van der Waals surface area contributed by atoms with Crippen molar-refractivity contribution in [2.75, 3.05) is 18.1 Å². The Balaban J connectivity index is 2.93. The molecule has 0 aliphatic heterocycles. The molecular weight excluding hydrogens is 276 g/mol. The maximum absolute atomic E-state index is 10.0. The first-order valence-corrected chi connectivity index (χ1v) is 6.82. The maximum atomic E-state index is 10.0. The molecule has 0 heterocycles. The zero-order valence-corrected chi connectivity index (χ0v) is 12.0. The Morgan fingerprint density at radius 1 is 0.905 bits per heavy atom. The van der Waals surface area contributed by atoms with Crippen LogP contribution < -0.4 is 11.5 Å². The Kier molecular flexibility index (Phi) is 6.38. The largest absolute Gasteiger partial charge is 0.398 e. The number of hydrogen-bond acceptors (Lipinski definition) is 7. The molecule has 0 amide bonds. The molecule has 120 valence electrons. The van der Waals surface area contributed by atoms with Gasteiger partial charge in [0.05, 0.1) is 12.7 Å². The topological polar surface area (TPSA) is 153 Å². The number of nitrogens with two attached hydrogens (primary N) is 2. The van der Waals surface area contributed by atoms with Gasteiger partial charge in [0.2, 0.25) is 0 Å². The van der Waals surface area contributed by atoms with Crippen molar-refractivity contribution in [3.05, 3.63) is 23.3 Å². The van der Waals surface area contributed by atoms with E-state index in [1.807, 2.05) is 6.92 Å². The van der Waals surface area contributed by atoms with Crippen molar-refractivity contribution in [1.29, 1.82) is 0 Å². The minimum Gasteiger partial charge on any atom is -0.398 e. The fourth-order valence-corrected chi connectivity index (χ4v) is 2.28. The van der Waals surface area contributed by atoms with E-state index >= 15 is 0 Å². The molecule has 21 heavy (non-hydrogen) atoms. The lowest BCUT2D eigenvalue weighted by molar-refractivity contribution is -0.114. The molecule has 0 fully saturated rings. The summed E-state index contributed by atoms with van der Waals surface area (Å²) in [6.45, 7) is 1.17. The number of rotatable bonds is 7. The zero-order valence-electron chi connectivity index (χ0n) is 12.0. The molecule has 0 saturated carbocycles. The van der Waals surface area contributed by atoms with Gasteiger partial charge < -0.3 is 37.0 Å². The van der Waals surface area contributed by atoms with Crippen molar-refractivity contribution in [3.8, 4) is 0 Å². The third-order valence-electron chi connectivity index (χ3n) is 3.60. The summed E-state index contributed by atoms with van der Waals surface area (Å²) in [4.78, 5) is 0. The number of nitrogen functional groups attached to an aromatic ring is 2. The summed E-state index contributed by atoms with van der Waals surface area (Å²) in [5.41, 5.74) is 14.1. The Hall–Kier alpha value is -1.38. The van der Waals surface area contributed by atoms with E-state index in [0.29, 0.717) is 23.4 Å². The highest BCUT2D eigenvalue weighted by Crippen LogP contribution is 2.26. The SMILES string of the molecule is CCc1c(N)ccc(N)c1CC(O)C(O)C(O)C(O)CO. The van der Waals surface area contributed by atoms with Crippen LogP contribution in [0.2, 0.25) is 0 Å². The van der Waals surface area contributed by atoms with Gasteiger partial charge in [-0.2, -0.15) is 0 Å². The fraction of sp³-hybridized carbons (Fsp3) is 0.571. The number of benzene rings is 1. The van der Waals surface area contributed by atoms with Crippen molar-refractivity contribution in [1.82, 2.24) is 0 Å². The van der Waals surface area contributed by atoms with Gasteiger partial charge in [-0.1, -0.05) is 6.92 Å². The molecule has 0 aliphatic rings. The van der Waals surface area contributed by atoms with E-state index in [2.05, 4.69) is 0 Å². The van der Waals surface area contributed by atoms with E-state index in [4.69, 9.17) is 16.6 Å². The third-order valence-corrected chi connectivity index (χ3v) is 3.60. The van der Waals surface area contributed by atoms with Gasteiger partial charge in [0.25, 0.3) is 0 Å². The Bertz CT molecular complexity index is 469. The molecule has 1 aromatic carbocycles. The van der Waals surface area contributed by atoms with Gasteiger partial charge in [-0.05, 0) is 29.7 Å². The summed E-state index contributed by atoms with van der Waals surface area (Å²) in [6.07, 6.45) is -5.56. The summed E-state index contributed by atoms with van der Waals surface area (Å²) in [5, 5.41) is 47.5. The molecule has 9 N–H and O–H groups in total. The van der Waals surface area contributed by atoms with E-state index in [9.17, 15) is 20.4 Å². The first-order chi connectivity index (χ1) is 9.83. The van der Waals surface area contributed by atoms with Gasteiger partial charge in [0.1, 0.15) is 18.3 Å². The van der Waals surface area contributed by atoms with Crippen molar-refractivity contribution < 1.29 is 25.5 Å². The van der Waals surface area contributed by atoms with Crippen LogP contribution in [0, 0.1) is 0 Å². The van der Waals surface area contributed by atoms with E-state index in [0.717, 1.165) is 5.56 Å². The summed E-state index contributed by atoms with van der Waals surface area (Å²) in [7, 11) is 0. The number of aliphatic hydroxyl groups excluding tert-OH is 5. The second-order valence-electron chi connectivity index (χ2n) is 5.06. The lowest BCUT2D eigenvalue weighted by Crippen LogP contribution is -2.46. The van der Waals surface area contributed by atoms with Crippen molar-refractivity contribution in [3.63, 3.8) is 0 Å². The molecule has 0 bridgehead atoms. The highest BCUT2D eigenvalue weighted by Gasteiger charge is 2.30. The van der Waals surface area contributed by atoms with Crippen LogP contribution in [0.1, 0.15) is 18.1 Å². The standard InChI is InChI=1S/C14H24N2O5/c1-2-7-8(10(16)4-3-9(7)15)5-11(18)13(20)14(21)12(19)6-17/h3-4,11-14,17-21H,2,5-6,15-16H2,1H3. The second-order valence-corrected chi connectivity index (χ2v) is 5.06. The van der Waals surface area contributed by atoms with Crippen molar-refractivity contribution in [2.45, 2.75) is 44.2 Å². The Morgan fingerprint density at radius 3 is 1.86 bits per heavy atom. The maximum Gasteiger partial charge on any atom is 0.110 e. The summed E-state index contributed by atoms with van der Waals surface area (Å²) in [5.74, 6) is 0. The molecule has 0 aliphatic carbocycles. The van der Waals surface area contributed by atoms with E-state index in [-0.39, 0.29) is 6.42 Å². The lowest BCUT2D eigenvalue weighted by Gasteiger charge is -2.26. The monoisotopic (exact) mass is 300 g/mol. The van der Waals surface area contributed by atoms with E-state index < -0.39 is 31.0 Å². The first-order valence-electron chi connectivity index (χ1n) is 6.82. The Labute approximate surface area is 123 Å². The van der Waals surface area contributed by atoms with Crippen molar-refractivity contribution in [2.24, 2.45) is 0 Å². The summed E-state index contributed by atoms with van der Waals surface area (Å²) >= 11 is 0. The molecule has 7 heteroatoms. The lowest BCUT2D eigenvalue weighted by atomic mass is 9.92. The van der Waals surface area contributed by atoms with Crippen LogP contribution in [0.25, 0.3) is 0 Å². The molecule has 4 unspecified atom stereocenters. The second kappa shape index (κ2) is 7.58. The minimum absolute atomic E-state index is 0.0174. The number of aliphatic hydroxyl groups is 5. The van der Waals surface area contributed by atoms with Gasteiger partial charge in [-0.3, -0.25) is 0 Å². The molecule has 4 atom stereocenters. The van der Waals surface area contributed by atoms with Crippen LogP contribution >= 0.6 is 0 Å². The minimum atomic E-state index is -1.66. The predicted octanol–water partition coefficient (Wildman–Crippen LogP) is -1.61. The van der Waals surface area contributed by atoms with Crippen LogP contribution in [0.3, 0.4) is 0 Å². The first kappa shape index (κ1) is 17.7. The molecule has 1 rings (SSSR count). The average molecular weight is 300 g/mol. The molecule has 0 saturated heterocycles. The predicted molar refractivity (Wildman–Crippen MR) is 79.5 cm³/mol. The van der Waals surface area contributed by atoms with Gasteiger partial charge in [0.15, 0.2) is 0 Å². The molecule has 1 aromatic rings. The van der Waals surface area contributed by atoms with Crippen LogP contribution in [-0.2, 0) is 12.8 Å².